The number of hydrogen-bond acceptors (Lipinski definition) is 4. The third-order valence-electron chi connectivity index (χ3n) is 5.36. The monoisotopic (exact) mass is 416 g/mol. The van der Waals surface area contributed by atoms with Gasteiger partial charge in [-0.1, -0.05) is 18.2 Å². The lowest BCUT2D eigenvalue weighted by molar-refractivity contribution is -0.137. The van der Waals surface area contributed by atoms with Gasteiger partial charge in [0.05, 0.1) is 18.7 Å². The van der Waals surface area contributed by atoms with Crippen LogP contribution in [0.25, 0.3) is 11.1 Å². The first kappa shape index (κ1) is 20.3. The molecule has 1 aromatic carbocycles. The smallest absolute Gasteiger partial charge is 0.416 e. The van der Waals surface area contributed by atoms with Crippen molar-refractivity contribution in [1.29, 1.82) is 0 Å². The standard InChI is InChI=1S/C22H23F3N4O/c1-14(16-9-6-10-18(11-16)22(23,24)25)26-20-19-12-17(15-7-4-3-5-8-15)13-29(19)28-21(27-20)30-2/h6-7,9-14H,3-5,8H2,1-2H3,(H,26,27,28)/t14-/m1/s1. The van der Waals surface area contributed by atoms with E-state index in [2.05, 4.69) is 21.5 Å². The van der Waals surface area contributed by atoms with E-state index in [1.807, 2.05) is 12.3 Å². The molecule has 0 saturated heterocycles. The summed E-state index contributed by atoms with van der Waals surface area (Å²) in [6, 6.07) is 7.10. The van der Waals surface area contributed by atoms with Crippen molar-refractivity contribution in [3.8, 4) is 6.01 Å². The molecule has 1 aliphatic rings. The van der Waals surface area contributed by atoms with E-state index in [0.29, 0.717) is 11.4 Å². The lowest BCUT2D eigenvalue weighted by Crippen LogP contribution is -2.12. The Morgan fingerprint density at radius 1 is 1.20 bits per heavy atom. The van der Waals surface area contributed by atoms with Gasteiger partial charge in [-0.25, -0.2) is 4.52 Å². The lowest BCUT2D eigenvalue weighted by atomic mass is 9.95. The molecular weight excluding hydrogens is 393 g/mol. The Balaban J connectivity index is 1.69. The fourth-order valence-corrected chi connectivity index (χ4v) is 3.72. The molecule has 0 saturated carbocycles. The maximum absolute atomic E-state index is 13.1. The molecule has 5 nitrogen and oxygen atoms in total. The van der Waals surface area contributed by atoms with Gasteiger partial charge in [0.2, 0.25) is 0 Å². The predicted molar refractivity (Wildman–Crippen MR) is 109 cm³/mol. The predicted octanol–water partition coefficient (Wildman–Crippen LogP) is 5.89. The van der Waals surface area contributed by atoms with Crippen LogP contribution < -0.4 is 10.1 Å². The molecule has 8 heteroatoms. The highest BCUT2D eigenvalue weighted by atomic mass is 19.4. The zero-order valence-electron chi connectivity index (χ0n) is 16.8. The van der Waals surface area contributed by atoms with Crippen LogP contribution >= 0.6 is 0 Å². The minimum Gasteiger partial charge on any atom is -0.466 e. The Labute approximate surface area is 172 Å². The Morgan fingerprint density at radius 2 is 2.03 bits per heavy atom. The Morgan fingerprint density at radius 3 is 2.73 bits per heavy atom. The number of methoxy groups -OCH3 is 1. The first-order valence-electron chi connectivity index (χ1n) is 9.92. The number of halogens is 3. The van der Waals surface area contributed by atoms with Crippen LogP contribution in [0.3, 0.4) is 0 Å². The zero-order valence-corrected chi connectivity index (χ0v) is 16.8. The molecule has 1 N–H and O–H groups in total. The number of hydrogen-bond donors (Lipinski definition) is 1. The Bertz CT molecular complexity index is 1090. The molecule has 158 valence electrons. The minimum atomic E-state index is -4.38. The van der Waals surface area contributed by atoms with E-state index in [1.54, 1.807) is 17.5 Å². The largest absolute Gasteiger partial charge is 0.466 e. The summed E-state index contributed by atoms with van der Waals surface area (Å²) in [6.07, 6.45) is 4.25. The minimum absolute atomic E-state index is 0.181. The maximum Gasteiger partial charge on any atom is 0.416 e. The van der Waals surface area contributed by atoms with Crippen molar-refractivity contribution < 1.29 is 17.9 Å². The molecule has 0 radical (unpaired) electrons. The van der Waals surface area contributed by atoms with Crippen molar-refractivity contribution in [2.24, 2.45) is 0 Å². The van der Waals surface area contributed by atoms with Gasteiger partial charge in [0, 0.05) is 6.20 Å². The van der Waals surface area contributed by atoms with Gasteiger partial charge in [-0.15, -0.1) is 5.10 Å². The molecule has 30 heavy (non-hydrogen) atoms. The van der Waals surface area contributed by atoms with Gasteiger partial charge in [0.15, 0.2) is 5.82 Å². The summed E-state index contributed by atoms with van der Waals surface area (Å²) in [6.45, 7) is 1.80. The number of nitrogens with zero attached hydrogens (tertiary/aromatic N) is 3. The summed E-state index contributed by atoms with van der Waals surface area (Å²) in [5.41, 5.74) is 2.95. The number of rotatable bonds is 5. The fourth-order valence-electron chi connectivity index (χ4n) is 3.72. The van der Waals surface area contributed by atoms with Gasteiger partial charge in [-0.2, -0.15) is 18.2 Å². The highest BCUT2D eigenvalue weighted by Gasteiger charge is 2.30. The molecule has 3 aromatic rings. The second-order valence-corrected chi connectivity index (χ2v) is 7.47. The van der Waals surface area contributed by atoms with Crippen molar-refractivity contribution in [3.05, 3.63) is 59.3 Å². The Kier molecular flexibility index (Phi) is 5.40. The summed E-state index contributed by atoms with van der Waals surface area (Å²) in [5, 5.41) is 7.60. The molecule has 0 fully saturated rings. The average Bonchev–Trinajstić information content (AvgIpc) is 3.18. The average molecular weight is 416 g/mol. The highest BCUT2D eigenvalue weighted by molar-refractivity contribution is 5.77. The van der Waals surface area contributed by atoms with Crippen LogP contribution in [0.5, 0.6) is 6.01 Å². The number of allylic oxidation sites excluding steroid dienone is 2. The van der Waals surface area contributed by atoms with E-state index in [0.717, 1.165) is 42.5 Å². The topological polar surface area (TPSA) is 51.5 Å². The van der Waals surface area contributed by atoms with Crippen LogP contribution in [0.1, 0.15) is 55.3 Å². The molecule has 1 atom stereocenters. The molecule has 0 spiro atoms. The van der Waals surface area contributed by atoms with Gasteiger partial charge in [0.25, 0.3) is 0 Å². The number of fused-ring (bicyclic) bond motifs is 1. The SMILES string of the molecule is COc1nc(N[C@H](C)c2cccc(C(F)(F)F)c2)c2cc(C3=CCCCC3)cn2n1. The van der Waals surface area contributed by atoms with Crippen LogP contribution in [0, 0.1) is 0 Å². The summed E-state index contributed by atoms with van der Waals surface area (Å²) < 4.78 is 46.2. The van der Waals surface area contributed by atoms with Crippen LogP contribution in [-0.4, -0.2) is 21.7 Å². The summed E-state index contributed by atoms with van der Waals surface area (Å²) in [7, 11) is 1.48. The molecule has 1 aliphatic carbocycles. The lowest BCUT2D eigenvalue weighted by Gasteiger charge is -2.17. The third kappa shape index (κ3) is 4.13. The fraction of sp³-hybridized carbons (Fsp3) is 0.364. The number of aromatic nitrogens is 3. The van der Waals surface area contributed by atoms with Crippen LogP contribution in [0.2, 0.25) is 0 Å². The summed E-state index contributed by atoms with van der Waals surface area (Å²) >= 11 is 0. The molecule has 0 amide bonds. The van der Waals surface area contributed by atoms with Crippen molar-refractivity contribution in [3.63, 3.8) is 0 Å². The van der Waals surface area contributed by atoms with Crippen LogP contribution in [0.4, 0.5) is 19.0 Å². The van der Waals surface area contributed by atoms with Gasteiger partial charge < -0.3 is 10.1 Å². The zero-order chi connectivity index (χ0) is 21.3. The first-order valence-corrected chi connectivity index (χ1v) is 9.92. The van der Waals surface area contributed by atoms with Gasteiger partial charge >= 0.3 is 12.2 Å². The molecule has 0 unspecified atom stereocenters. The molecule has 4 rings (SSSR count). The second-order valence-electron chi connectivity index (χ2n) is 7.47. The third-order valence-corrected chi connectivity index (χ3v) is 5.36. The van der Waals surface area contributed by atoms with Gasteiger partial charge in [0.1, 0.15) is 5.52 Å². The van der Waals surface area contributed by atoms with E-state index >= 15 is 0 Å². The normalized spacial score (nSPS) is 15.7. The van der Waals surface area contributed by atoms with E-state index in [9.17, 15) is 13.2 Å². The van der Waals surface area contributed by atoms with E-state index in [4.69, 9.17) is 4.74 Å². The number of ether oxygens (including phenoxy) is 1. The van der Waals surface area contributed by atoms with Crippen molar-refractivity contribution in [2.75, 3.05) is 12.4 Å². The summed E-state index contributed by atoms with van der Waals surface area (Å²) in [4.78, 5) is 4.41. The Hall–Kier alpha value is -3.03. The maximum atomic E-state index is 13.1. The van der Waals surface area contributed by atoms with Crippen molar-refractivity contribution in [1.82, 2.24) is 14.6 Å². The first-order chi connectivity index (χ1) is 14.3. The molecule has 0 bridgehead atoms. The second kappa shape index (κ2) is 8.01. The van der Waals surface area contributed by atoms with Gasteiger partial charge in [-0.3, -0.25) is 0 Å². The van der Waals surface area contributed by atoms with E-state index < -0.39 is 17.8 Å². The highest BCUT2D eigenvalue weighted by Crippen LogP contribution is 2.33. The van der Waals surface area contributed by atoms with Crippen LogP contribution in [-0.2, 0) is 6.18 Å². The van der Waals surface area contributed by atoms with Crippen molar-refractivity contribution >= 4 is 16.9 Å². The van der Waals surface area contributed by atoms with E-state index in [1.165, 1.54) is 25.2 Å². The quantitative estimate of drug-likeness (QED) is 0.564. The number of nitrogens with one attached hydrogen (secondary N) is 1. The van der Waals surface area contributed by atoms with Gasteiger partial charge in [-0.05, 0) is 67.5 Å². The number of anilines is 1. The van der Waals surface area contributed by atoms with Crippen LogP contribution in [0.15, 0.2) is 42.6 Å². The molecule has 0 aliphatic heterocycles. The number of benzene rings is 1. The summed E-state index contributed by atoms with van der Waals surface area (Å²) in [5.74, 6) is 0.509. The van der Waals surface area contributed by atoms with E-state index in [-0.39, 0.29) is 6.01 Å². The molecule has 2 aromatic heterocycles. The molecular formula is C22H23F3N4O. The molecule has 2 heterocycles. The van der Waals surface area contributed by atoms with Crippen molar-refractivity contribution in [2.45, 2.75) is 44.8 Å². The number of alkyl halides is 3.